The van der Waals surface area contributed by atoms with Crippen LogP contribution >= 0.6 is 0 Å². The molecule has 3 aromatic rings. The van der Waals surface area contributed by atoms with Crippen LogP contribution in [0.3, 0.4) is 0 Å². The fourth-order valence-electron chi connectivity index (χ4n) is 3.14. The second-order valence-corrected chi connectivity index (χ2v) is 6.23. The van der Waals surface area contributed by atoms with Gasteiger partial charge in [0.2, 0.25) is 0 Å². The van der Waals surface area contributed by atoms with E-state index in [1.807, 2.05) is 37.3 Å². The standard InChI is InChI=1S/C18H20N4O2/c1-11(16-9-12-5-3-4-6-15(12)24-16)22(2)18(23)17-13-10-19-8-7-14(13)20-21-17/h3-6,9,11,19H,7-8,10H2,1-2H3,(H,20,21). The van der Waals surface area contributed by atoms with Crippen molar-refractivity contribution in [2.24, 2.45) is 0 Å². The summed E-state index contributed by atoms with van der Waals surface area (Å²) in [6.45, 7) is 3.56. The summed E-state index contributed by atoms with van der Waals surface area (Å²) in [6, 6.07) is 9.68. The second-order valence-electron chi connectivity index (χ2n) is 6.23. The van der Waals surface area contributed by atoms with Gasteiger partial charge in [0.25, 0.3) is 5.91 Å². The van der Waals surface area contributed by atoms with Crippen LogP contribution in [0.4, 0.5) is 0 Å². The number of carbonyl (C=O) groups excluding carboxylic acids is 1. The molecule has 0 aliphatic carbocycles. The summed E-state index contributed by atoms with van der Waals surface area (Å²) in [6.07, 6.45) is 0.873. The third-order valence-electron chi connectivity index (χ3n) is 4.77. The molecular weight excluding hydrogens is 304 g/mol. The molecule has 0 fully saturated rings. The van der Waals surface area contributed by atoms with E-state index in [-0.39, 0.29) is 11.9 Å². The molecule has 0 saturated heterocycles. The van der Waals surface area contributed by atoms with Crippen LogP contribution in [0, 0.1) is 0 Å². The molecular formula is C18H20N4O2. The van der Waals surface area contributed by atoms with Crippen LogP contribution in [-0.2, 0) is 13.0 Å². The Morgan fingerprint density at radius 1 is 1.38 bits per heavy atom. The van der Waals surface area contributed by atoms with Gasteiger partial charge in [-0.2, -0.15) is 5.10 Å². The molecule has 2 aromatic heterocycles. The number of H-pyrrole nitrogens is 1. The lowest BCUT2D eigenvalue weighted by molar-refractivity contribution is 0.0720. The molecule has 1 aliphatic heterocycles. The number of amides is 1. The van der Waals surface area contributed by atoms with Gasteiger partial charge in [0.05, 0.1) is 6.04 Å². The molecule has 1 aromatic carbocycles. The van der Waals surface area contributed by atoms with E-state index < -0.39 is 0 Å². The fourth-order valence-corrected chi connectivity index (χ4v) is 3.14. The Morgan fingerprint density at radius 2 is 2.21 bits per heavy atom. The van der Waals surface area contributed by atoms with E-state index in [2.05, 4.69) is 15.5 Å². The number of aromatic nitrogens is 2. The first-order valence-electron chi connectivity index (χ1n) is 8.17. The molecule has 0 radical (unpaired) electrons. The Bertz CT molecular complexity index is 862. The van der Waals surface area contributed by atoms with Crippen molar-refractivity contribution in [2.45, 2.75) is 25.9 Å². The smallest absolute Gasteiger partial charge is 0.275 e. The average Bonchev–Trinajstić information content (AvgIpc) is 3.23. The van der Waals surface area contributed by atoms with E-state index in [9.17, 15) is 4.79 Å². The van der Waals surface area contributed by atoms with Gasteiger partial charge in [-0.25, -0.2) is 0 Å². The Hall–Kier alpha value is -2.60. The molecule has 124 valence electrons. The van der Waals surface area contributed by atoms with E-state index >= 15 is 0 Å². The highest BCUT2D eigenvalue weighted by Crippen LogP contribution is 2.28. The number of hydrogen-bond donors (Lipinski definition) is 2. The van der Waals surface area contributed by atoms with Crippen LogP contribution in [0.25, 0.3) is 11.0 Å². The second kappa shape index (κ2) is 5.79. The van der Waals surface area contributed by atoms with E-state index in [1.165, 1.54) is 0 Å². The quantitative estimate of drug-likeness (QED) is 0.777. The average molecular weight is 324 g/mol. The topological polar surface area (TPSA) is 74.2 Å². The lowest BCUT2D eigenvalue weighted by Crippen LogP contribution is -2.32. The number of carbonyl (C=O) groups is 1. The monoisotopic (exact) mass is 324 g/mol. The van der Waals surface area contributed by atoms with Crippen LogP contribution in [0.15, 0.2) is 34.7 Å². The third kappa shape index (κ3) is 2.39. The Labute approximate surface area is 139 Å². The molecule has 0 bridgehead atoms. The molecule has 2 N–H and O–H groups in total. The number of fused-ring (bicyclic) bond motifs is 2. The molecule has 4 rings (SSSR count). The summed E-state index contributed by atoms with van der Waals surface area (Å²) in [4.78, 5) is 14.6. The first-order chi connectivity index (χ1) is 11.6. The van der Waals surface area contributed by atoms with E-state index in [0.717, 1.165) is 41.0 Å². The van der Waals surface area contributed by atoms with E-state index in [1.54, 1.807) is 11.9 Å². The molecule has 24 heavy (non-hydrogen) atoms. The zero-order valence-electron chi connectivity index (χ0n) is 13.8. The third-order valence-corrected chi connectivity index (χ3v) is 4.77. The van der Waals surface area contributed by atoms with Gasteiger partial charge < -0.3 is 14.6 Å². The predicted molar refractivity (Wildman–Crippen MR) is 90.7 cm³/mol. The van der Waals surface area contributed by atoms with Gasteiger partial charge in [-0.3, -0.25) is 9.89 Å². The molecule has 0 spiro atoms. The van der Waals surface area contributed by atoms with Crippen LogP contribution in [-0.4, -0.2) is 34.6 Å². The van der Waals surface area contributed by atoms with Gasteiger partial charge >= 0.3 is 0 Å². The highest BCUT2D eigenvalue weighted by atomic mass is 16.3. The number of aromatic amines is 1. The van der Waals surface area contributed by atoms with Crippen LogP contribution in [0.5, 0.6) is 0 Å². The number of furan rings is 1. The van der Waals surface area contributed by atoms with Gasteiger partial charge in [-0.1, -0.05) is 18.2 Å². The summed E-state index contributed by atoms with van der Waals surface area (Å²) in [5, 5.41) is 11.6. The summed E-state index contributed by atoms with van der Waals surface area (Å²) in [5.74, 6) is 0.679. The first kappa shape index (κ1) is 15.0. The summed E-state index contributed by atoms with van der Waals surface area (Å²) in [5.41, 5.74) is 3.38. The van der Waals surface area contributed by atoms with Crippen molar-refractivity contribution >= 4 is 16.9 Å². The summed E-state index contributed by atoms with van der Waals surface area (Å²) < 4.78 is 5.90. The number of para-hydroxylation sites is 1. The largest absolute Gasteiger partial charge is 0.459 e. The van der Waals surface area contributed by atoms with Crippen LogP contribution < -0.4 is 5.32 Å². The molecule has 1 unspecified atom stereocenters. The highest BCUT2D eigenvalue weighted by Gasteiger charge is 2.27. The van der Waals surface area contributed by atoms with Crippen molar-refractivity contribution in [1.82, 2.24) is 20.4 Å². The number of nitrogens with zero attached hydrogens (tertiary/aromatic N) is 2. The normalized spacial score (nSPS) is 15.2. The highest BCUT2D eigenvalue weighted by molar-refractivity contribution is 5.94. The first-order valence-corrected chi connectivity index (χ1v) is 8.17. The van der Waals surface area contributed by atoms with Gasteiger partial charge in [0.15, 0.2) is 5.69 Å². The van der Waals surface area contributed by atoms with E-state index in [0.29, 0.717) is 12.2 Å². The van der Waals surface area contributed by atoms with Gasteiger partial charge in [-0.15, -0.1) is 0 Å². The van der Waals surface area contributed by atoms with Crippen molar-refractivity contribution in [1.29, 1.82) is 0 Å². The zero-order valence-corrected chi connectivity index (χ0v) is 13.8. The fraction of sp³-hybridized carbons (Fsp3) is 0.333. The van der Waals surface area contributed by atoms with Gasteiger partial charge in [0.1, 0.15) is 11.3 Å². The lowest BCUT2D eigenvalue weighted by Gasteiger charge is -2.23. The molecule has 1 amide bonds. The van der Waals surface area contributed by atoms with Crippen molar-refractivity contribution in [3.63, 3.8) is 0 Å². The number of hydrogen-bond acceptors (Lipinski definition) is 4. The van der Waals surface area contributed by atoms with Crippen LogP contribution in [0.1, 0.15) is 40.5 Å². The van der Waals surface area contributed by atoms with Crippen molar-refractivity contribution in [2.75, 3.05) is 13.6 Å². The number of nitrogens with one attached hydrogen (secondary N) is 2. The minimum absolute atomic E-state index is 0.0934. The van der Waals surface area contributed by atoms with Gasteiger partial charge in [-0.05, 0) is 19.1 Å². The molecule has 6 heteroatoms. The molecule has 1 aliphatic rings. The number of benzene rings is 1. The molecule has 6 nitrogen and oxygen atoms in total. The SMILES string of the molecule is CC(c1cc2ccccc2o1)N(C)C(=O)c1n[nH]c2c1CNCC2. The number of rotatable bonds is 3. The Balaban J connectivity index is 1.61. The van der Waals surface area contributed by atoms with Crippen molar-refractivity contribution in [3.05, 3.63) is 53.0 Å². The minimum atomic E-state index is -0.172. The Morgan fingerprint density at radius 3 is 3.04 bits per heavy atom. The summed E-state index contributed by atoms with van der Waals surface area (Å²) >= 11 is 0. The summed E-state index contributed by atoms with van der Waals surface area (Å²) in [7, 11) is 1.79. The van der Waals surface area contributed by atoms with Crippen molar-refractivity contribution < 1.29 is 9.21 Å². The zero-order chi connectivity index (χ0) is 16.7. The maximum Gasteiger partial charge on any atom is 0.275 e. The molecule has 3 heterocycles. The molecule has 1 atom stereocenters. The van der Waals surface area contributed by atoms with Gasteiger partial charge in [0, 0.05) is 43.2 Å². The minimum Gasteiger partial charge on any atom is -0.459 e. The predicted octanol–water partition coefficient (Wildman–Crippen LogP) is 2.63. The van der Waals surface area contributed by atoms with Crippen molar-refractivity contribution in [3.8, 4) is 0 Å². The maximum absolute atomic E-state index is 12.9. The molecule has 0 saturated carbocycles. The van der Waals surface area contributed by atoms with Crippen LogP contribution in [0.2, 0.25) is 0 Å². The van der Waals surface area contributed by atoms with E-state index in [4.69, 9.17) is 4.42 Å². The maximum atomic E-state index is 12.9. The lowest BCUT2D eigenvalue weighted by atomic mass is 10.1. The Kier molecular flexibility index (Phi) is 3.61.